The third kappa shape index (κ3) is 5.37. The standard InChI is InChI=1S/C20H26FN7O3/c1-24-10-15-11-28(20(30)31-15)14-3-4-16(17(21)8-14)13-2-5-18(26-9-13)27(12-22)7-6-25-19(23)29/h2-3,5,8-9,12,15-16,22,24H,4,6-7,10-11H2,1H3,(H3,23,25,29). The number of pyridine rings is 1. The van der Waals surface area contributed by atoms with E-state index < -0.39 is 18.0 Å². The normalized spacial score (nSPS) is 20.6. The second-order valence-electron chi connectivity index (χ2n) is 7.18. The maximum atomic E-state index is 14.9. The minimum Gasteiger partial charge on any atom is -0.443 e. The van der Waals surface area contributed by atoms with Crippen LogP contribution in [0.3, 0.4) is 0 Å². The molecule has 2 aliphatic rings. The average Bonchev–Trinajstić information content (AvgIpc) is 3.11. The lowest BCUT2D eigenvalue weighted by Gasteiger charge is -2.23. The number of aromatic nitrogens is 1. The van der Waals surface area contributed by atoms with Crippen LogP contribution in [0.4, 0.5) is 19.8 Å². The Morgan fingerprint density at radius 2 is 2.32 bits per heavy atom. The lowest BCUT2D eigenvalue weighted by Crippen LogP contribution is -2.37. The Morgan fingerprint density at radius 1 is 1.52 bits per heavy atom. The highest BCUT2D eigenvalue weighted by molar-refractivity contribution is 5.76. The van der Waals surface area contributed by atoms with Gasteiger partial charge >= 0.3 is 12.1 Å². The maximum Gasteiger partial charge on any atom is 0.414 e. The smallest absolute Gasteiger partial charge is 0.414 e. The van der Waals surface area contributed by atoms with E-state index in [4.69, 9.17) is 15.9 Å². The molecule has 0 spiro atoms. The summed E-state index contributed by atoms with van der Waals surface area (Å²) in [6, 6.07) is 2.81. The highest BCUT2D eigenvalue weighted by Gasteiger charge is 2.34. The van der Waals surface area contributed by atoms with Crippen molar-refractivity contribution in [1.82, 2.24) is 20.5 Å². The van der Waals surface area contributed by atoms with Crippen LogP contribution in [-0.4, -0.2) is 67.7 Å². The molecular formula is C20H26FN7O3. The van der Waals surface area contributed by atoms with Gasteiger partial charge in [0.1, 0.15) is 17.7 Å². The zero-order chi connectivity index (χ0) is 22.4. The molecule has 1 aromatic heterocycles. The first-order valence-corrected chi connectivity index (χ1v) is 9.89. The van der Waals surface area contributed by atoms with Crippen LogP contribution >= 0.6 is 0 Å². The number of halogens is 1. The summed E-state index contributed by atoms with van der Waals surface area (Å²) in [6.45, 7) is 1.49. The number of carbonyl (C=O) groups is 2. The number of nitrogens with zero attached hydrogens (tertiary/aromatic N) is 3. The van der Waals surface area contributed by atoms with Crippen molar-refractivity contribution in [3.05, 3.63) is 47.6 Å². The molecule has 0 bridgehead atoms. The number of cyclic esters (lactones) is 1. The molecule has 1 aliphatic carbocycles. The number of amides is 3. The van der Waals surface area contributed by atoms with Crippen molar-refractivity contribution < 1.29 is 18.7 Å². The Balaban J connectivity index is 1.64. The van der Waals surface area contributed by atoms with E-state index in [0.717, 1.165) is 6.34 Å². The largest absolute Gasteiger partial charge is 0.443 e. The zero-order valence-electron chi connectivity index (χ0n) is 17.2. The Morgan fingerprint density at radius 3 is 2.94 bits per heavy atom. The third-order valence-corrected chi connectivity index (χ3v) is 5.07. The number of urea groups is 1. The SMILES string of the molecule is CNCC1CN(C2=CCC(c3ccc(N(C=N)CCNC(N)=O)nc3)C(F)=C2)C(=O)O1. The number of hydrogen-bond donors (Lipinski definition) is 4. The molecule has 5 N–H and O–H groups in total. The van der Waals surface area contributed by atoms with Crippen LogP contribution in [0.5, 0.6) is 0 Å². The van der Waals surface area contributed by atoms with Crippen LogP contribution in [0.2, 0.25) is 0 Å². The minimum atomic E-state index is -0.639. The summed E-state index contributed by atoms with van der Waals surface area (Å²) in [5, 5.41) is 12.9. The van der Waals surface area contributed by atoms with E-state index in [-0.39, 0.29) is 18.5 Å². The lowest BCUT2D eigenvalue weighted by molar-refractivity contribution is 0.135. The molecular weight excluding hydrogens is 405 g/mol. The molecule has 31 heavy (non-hydrogen) atoms. The van der Waals surface area contributed by atoms with Crippen LogP contribution < -0.4 is 21.3 Å². The van der Waals surface area contributed by atoms with Gasteiger partial charge in [-0.15, -0.1) is 0 Å². The van der Waals surface area contributed by atoms with Crippen molar-refractivity contribution in [2.24, 2.45) is 5.73 Å². The Labute approximate surface area is 179 Å². The van der Waals surface area contributed by atoms with Crippen LogP contribution in [0, 0.1) is 5.41 Å². The fourth-order valence-corrected chi connectivity index (χ4v) is 3.52. The molecule has 3 amide bonds. The number of ether oxygens (including phenoxy) is 1. The molecule has 0 aromatic carbocycles. The number of hydrogen-bond acceptors (Lipinski definition) is 6. The summed E-state index contributed by atoms with van der Waals surface area (Å²) in [5.41, 5.74) is 6.22. The van der Waals surface area contributed by atoms with E-state index in [2.05, 4.69) is 15.6 Å². The number of primary amides is 1. The van der Waals surface area contributed by atoms with Gasteiger partial charge < -0.3 is 26.0 Å². The first kappa shape index (κ1) is 22.2. The number of nitrogens with one attached hydrogen (secondary N) is 3. The van der Waals surface area contributed by atoms with Gasteiger partial charge in [-0.2, -0.15) is 0 Å². The molecule has 1 aliphatic heterocycles. The molecule has 10 nitrogen and oxygen atoms in total. The summed E-state index contributed by atoms with van der Waals surface area (Å²) in [5.74, 6) is -0.356. The van der Waals surface area contributed by atoms with Crippen LogP contribution in [0.25, 0.3) is 0 Å². The average molecular weight is 431 g/mol. The molecule has 1 fully saturated rings. The number of anilines is 1. The van der Waals surface area contributed by atoms with Gasteiger partial charge in [0.15, 0.2) is 0 Å². The molecule has 1 aromatic rings. The van der Waals surface area contributed by atoms with Gasteiger partial charge in [-0.3, -0.25) is 10.3 Å². The first-order chi connectivity index (χ1) is 14.9. The lowest BCUT2D eigenvalue weighted by atomic mass is 9.91. The highest BCUT2D eigenvalue weighted by atomic mass is 19.1. The maximum absolute atomic E-state index is 14.9. The van der Waals surface area contributed by atoms with E-state index in [1.165, 1.54) is 15.9 Å². The number of carbonyl (C=O) groups excluding carboxylic acids is 2. The number of likely N-dealkylation sites (N-methyl/N-ethyl adjacent to an activating group) is 1. The third-order valence-electron chi connectivity index (χ3n) is 5.07. The molecule has 0 radical (unpaired) electrons. The Kier molecular flexibility index (Phi) is 7.19. The van der Waals surface area contributed by atoms with Gasteiger partial charge in [0, 0.05) is 37.4 Å². The monoisotopic (exact) mass is 431 g/mol. The predicted molar refractivity (Wildman–Crippen MR) is 113 cm³/mol. The summed E-state index contributed by atoms with van der Waals surface area (Å²) >= 11 is 0. The van der Waals surface area contributed by atoms with Gasteiger partial charge in [-0.1, -0.05) is 12.1 Å². The zero-order valence-corrected chi connectivity index (χ0v) is 17.2. The quantitative estimate of drug-likeness (QED) is 0.345. The van der Waals surface area contributed by atoms with E-state index in [1.807, 2.05) is 6.08 Å². The van der Waals surface area contributed by atoms with Crippen molar-refractivity contribution in [2.75, 3.05) is 38.1 Å². The number of allylic oxidation sites excluding steroid dienone is 3. The summed E-state index contributed by atoms with van der Waals surface area (Å²) in [6.07, 6.45) is 5.50. The molecule has 166 valence electrons. The molecule has 11 heteroatoms. The topological polar surface area (TPSA) is 137 Å². The van der Waals surface area contributed by atoms with Crippen molar-refractivity contribution in [2.45, 2.75) is 18.4 Å². The molecule has 2 unspecified atom stereocenters. The van der Waals surface area contributed by atoms with Crippen molar-refractivity contribution >= 4 is 24.3 Å². The number of nitrogens with two attached hydrogens (primary N) is 1. The van der Waals surface area contributed by atoms with Gasteiger partial charge in [0.2, 0.25) is 0 Å². The molecule has 3 rings (SSSR count). The number of rotatable bonds is 9. The van der Waals surface area contributed by atoms with Gasteiger partial charge in [-0.05, 0) is 31.2 Å². The second-order valence-corrected chi connectivity index (χ2v) is 7.18. The van der Waals surface area contributed by atoms with Crippen LogP contribution in [0.1, 0.15) is 17.9 Å². The van der Waals surface area contributed by atoms with Crippen LogP contribution in [-0.2, 0) is 4.74 Å². The van der Waals surface area contributed by atoms with Gasteiger partial charge in [-0.25, -0.2) is 19.0 Å². The van der Waals surface area contributed by atoms with Crippen LogP contribution in [0.15, 0.2) is 42.0 Å². The summed E-state index contributed by atoms with van der Waals surface area (Å²) < 4.78 is 20.2. The molecule has 2 heterocycles. The fourth-order valence-electron chi connectivity index (χ4n) is 3.52. The van der Waals surface area contributed by atoms with Crippen molar-refractivity contribution in [3.8, 4) is 0 Å². The minimum absolute atomic E-state index is 0.260. The molecule has 2 atom stereocenters. The highest BCUT2D eigenvalue weighted by Crippen LogP contribution is 2.35. The molecule has 0 saturated carbocycles. The Bertz CT molecular complexity index is 887. The predicted octanol–water partition coefficient (Wildman–Crippen LogP) is 1.43. The van der Waals surface area contributed by atoms with E-state index in [9.17, 15) is 14.0 Å². The fraction of sp³-hybridized carbons (Fsp3) is 0.400. The summed E-state index contributed by atoms with van der Waals surface area (Å²) in [7, 11) is 1.78. The van der Waals surface area contributed by atoms with Crippen molar-refractivity contribution in [3.63, 3.8) is 0 Å². The Hall–Kier alpha value is -3.47. The van der Waals surface area contributed by atoms with E-state index >= 15 is 0 Å². The van der Waals surface area contributed by atoms with Gasteiger partial charge in [0.25, 0.3) is 0 Å². The van der Waals surface area contributed by atoms with E-state index in [1.54, 1.807) is 25.4 Å². The second kappa shape index (κ2) is 10.0. The van der Waals surface area contributed by atoms with Gasteiger partial charge in [0.05, 0.1) is 12.9 Å². The summed E-state index contributed by atoms with van der Waals surface area (Å²) in [4.78, 5) is 30.1. The first-order valence-electron chi connectivity index (χ1n) is 9.89. The van der Waals surface area contributed by atoms with E-state index in [0.29, 0.717) is 43.1 Å². The molecule has 1 saturated heterocycles. The van der Waals surface area contributed by atoms with Crippen molar-refractivity contribution in [1.29, 1.82) is 5.41 Å².